The summed E-state index contributed by atoms with van der Waals surface area (Å²) >= 11 is 0. The van der Waals surface area contributed by atoms with Crippen molar-refractivity contribution in [3.63, 3.8) is 0 Å². The first-order chi connectivity index (χ1) is 8.83. The molecule has 2 N–H and O–H groups in total. The molecule has 0 fully saturated rings. The monoisotopic (exact) mass is 251 g/mol. The fourth-order valence-electron chi connectivity index (χ4n) is 1.42. The second kappa shape index (κ2) is 9.56. The SMILES string of the molecule is CCOCC(=O)NCCCNCc1cccnc1. The van der Waals surface area contributed by atoms with E-state index in [0.29, 0.717) is 13.2 Å². The molecule has 1 aromatic heterocycles. The smallest absolute Gasteiger partial charge is 0.245 e. The lowest BCUT2D eigenvalue weighted by atomic mass is 10.3. The standard InChI is InChI=1S/C13H21N3O2/c1-2-18-11-13(17)16-8-4-7-15-10-12-5-3-6-14-9-12/h3,5-6,9,15H,2,4,7-8,10-11H2,1H3,(H,16,17). The van der Waals surface area contributed by atoms with E-state index < -0.39 is 0 Å². The van der Waals surface area contributed by atoms with Gasteiger partial charge in [0.25, 0.3) is 0 Å². The Hall–Kier alpha value is -1.46. The van der Waals surface area contributed by atoms with Gasteiger partial charge < -0.3 is 15.4 Å². The van der Waals surface area contributed by atoms with Crippen LogP contribution in [0.15, 0.2) is 24.5 Å². The number of pyridine rings is 1. The zero-order valence-corrected chi connectivity index (χ0v) is 10.8. The predicted octanol–water partition coefficient (Wildman–Crippen LogP) is 0.714. The molecule has 0 saturated heterocycles. The Kier molecular flexibility index (Phi) is 7.75. The molecule has 0 aliphatic rings. The van der Waals surface area contributed by atoms with Crippen LogP contribution in [-0.2, 0) is 16.1 Å². The zero-order valence-electron chi connectivity index (χ0n) is 10.8. The molecule has 0 aromatic carbocycles. The molecule has 5 heteroatoms. The van der Waals surface area contributed by atoms with E-state index in [1.807, 2.05) is 25.3 Å². The van der Waals surface area contributed by atoms with Crippen molar-refractivity contribution in [1.29, 1.82) is 0 Å². The second-order valence-electron chi connectivity index (χ2n) is 3.88. The van der Waals surface area contributed by atoms with Crippen molar-refractivity contribution in [2.45, 2.75) is 19.9 Å². The van der Waals surface area contributed by atoms with E-state index >= 15 is 0 Å². The Balaban J connectivity index is 1.94. The van der Waals surface area contributed by atoms with Crippen molar-refractivity contribution in [2.24, 2.45) is 0 Å². The summed E-state index contributed by atoms with van der Waals surface area (Å²) in [7, 11) is 0. The third-order valence-electron chi connectivity index (χ3n) is 2.34. The van der Waals surface area contributed by atoms with Crippen molar-refractivity contribution in [3.05, 3.63) is 30.1 Å². The van der Waals surface area contributed by atoms with E-state index in [2.05, 4.69) is 15.6 Å². The van der Waals surface area contributed by atoms with Gasteiger partial charge in [-0.15, -0.1) is 0 Å². The van der Waals surface area contributed by atoms with Crippen molar-refractivity contribution in [2.75, 3.05) is 26.3 Å². The second-order valence-corrected chi connectivity index (χ2v) is 3.88. The van der Waals surface area contributed by atoms with Crippen LogP contribution in [0.3, 0.4) is 0 Å². The van der Waals surface area contributed by atoms with Gasteiger partial charge >= 0.3 is 0 Å². The van der Waals surface area contributed by atoms with Crippen LogP contribution >= 0.6 is 0 Å². The summed E-state index contributed by atoms with van der Waals surface area (Å²) in [6.07, 6.45) is 4.51. The number of hydrogen-bond acceptors (Lipinski definition) is 4. The summed E-state index contributed by atoms with van der Waals surface area (Å²) in [6.45, 7) is 4.94. The summed E-state index contributed by atoms with van der Waals surface area (Å²) in [5, 5.41) is 6.10. The lowest BCUT2D eigenvalue weighted by molar-refractivity contribution is -0.125. The summed E-state index contributed by atoms with van der Waals surface area (Å²) < 4.78 is 5.00. The molecule has 1 heterocycles. The number of rotatable bonds is 9. The summed E-state index contributed by atoms with van der Waals surface area (Å²) in [6, 6.07) is 3.95. The molecule has 0 bridgehead atoms. The first-order valence-electron chi connectivity index (χ1n) is 6.27. The Morgan fingerprint density at radius 1 is 1.44 bits per heavy atom. The van der Waals surface area contributed by atoms with Crippen LogP contribution in [0.1, 0.15) is 18.9 Å². The minimum atomic E-state index is -0.0518. The molecule has 0 aliphatic heterocycles. The van der Waals surface area contributed by atoms with Crippen molar-refractivity contribution in [1.82, 2.24) is 15.6 Å². The van der Waals surface area contributed by atoms with Gasteiger partial charge in [-0.3, -0.25) is 9.78 Å². The highest BCUT2D eigenvalue weighted by atomic mass is 16.5. The number of carbonyl (C=O) groups excluding carboxylic acids is 1. The number of aromatic nitrogens is 1. The van der Waals surface area contributed by atoms with Gasteiger partial charge in [0.15, 0.2) is 0 Å². The maximum absolute atomic E-state index is 11.2. The molecule has 100 valence electrons. The summed E-state index contributed by atoms with van der Waals surface area (Å²) in [5.74, 6) is -0.0518. The fourth-order valence-corrected chi connectivity index (χ4v) is 1.42. The average Bonchev–Trinajstić information content (AvgIpc) is 2.41. The molecule has 0 atom stereocenters. The molecular formula is C13H21N3O2. The quantitative estimate of drug-likeness (QED) is 0.635. The molecule has 0 saturated carbocycles. The number of amides is 1. The third-order valence-corrected chi connectivity index (χ3v) is 2.34. The molecule has 1 amide bonds. The number of nitrogens with one attached hydrogen (secondary N) is 2. The number of carbonyl (C=O) groups is 1. The largest absolute Gasteiger partial charge is 0.372 e. The van der Waals surface area contributed by atoms with Gasteiger partial charge in [0.2, 0.25) is 5.91 Å². The van der Waals surface area contributed by atoms with Gasteiger partial charge in [-0.05, 0) is 31.5 Å². The van der Waals surface area contributed by atoms with Crippen LogP contribution in [0.2, 0.25) is 0 Å². The van der Waals surface area contributed by atoms with E-state index in [0.717, 1.165) is 25.1 Å². The molecule has 1 rings (SSSR count). The van der Waals surface area contributed by atoms with Crippen molar-refractivity contribution >= 4 is 5.91 Å². The normalized spacial score (nSPS) is 10.3. The molecule has 0 spiro atoms. The van der Waals surface area contributed by atoms with Gasteiger partial charge in [0, 0.05) is 32.1 Å². The average molecular weight is 251 g/mol. The lowest BCUT2D eigenvalue weighted by Crippen LogP contribution is -2.30. The van der Waals surface area contributed by atoms with Crippen LogP contribution < -0.4 is 10.6 Å². The highest BCUT2D eigenvalue weighted by Crippen LogP contribution is 1.93. The topological polar surface area (TPSA) is 63.2 Å². The Morgan fingerprint density at radius 3 is 3.06 bits per heavy atom. The van der Waals surface area contributed by atoms with Crippen LogP contribution in [-0.4, -0.2) is 37.2 Å². The number of hydrogen-bond donors (Lipinski definition) is 2. The highest BCUT2D eigenvalue weighted by Gasteiger charge is 1.98. The first kappa shape index (κ1) is 14.6. The molecule has 0 aliphatic carbocycles. The third kappa shape index (κ3) is 6.98. The first-order valence-corrected chi connectivity index (χ1v) is 6.27. The summed E-state index contributed by atoms with van der Waals surface area (Å²) in [5.41, 5.74) is 1.16. The fraction of sp³-hybridized carbons (Fsp3) is 0.538. The molecule has 18 heavy (non-hydrogen) atoms. The minimum absolute atomic E-state index is 0.0518. The summed E-state index contributed by atoms with van der Waals surface area (Å²) in [4.78, 5) is 15.2. The van der Waals surface area contributed by atoms with Gasteiger partial charge in [0.1, 0.15) is 6.61 Å². The van der Waals surface area contributed by atoms with Gasteiger partial charge in [0.05, 0.1) is 0 Å². The van der Waals surface area contributed by atoms with Crippen molar-refractivity contribution in [3.8, 4) is 0 Å². The van der Waals surface area contributed by atoms with Crippen molar-refractivity contribution < 1.29 is 9.53 Å². The van der Waals surface area contributed by atoms with Crippen LogP contribution in [0.25, 0.3) is 0 Å². The zero-order chi connectivity index (χ0) is 13.1. The predicted molar refractivity (Wildman–Crippen MR) is 70.1 cm³/mol. The van der Waals surface area contributed by atoms with Crippen LogP contribution in [0.4, 0.5) is 0 Å². The maximum Gasteiger partial charge on any atom is 0.245 e. The Morgan fingerprint density at radius 2 is 2.33 bits per heavy atom. The molecule has 0 radical (unpaired) electrons. The molecular weight excluding hydrogens is 230 g/mol. The van der Waals surface area contributed by atoms with Crippen LogP contribution in [0.5, 0.6) is 0 Å². The Bertz CT molecular complexity index is 330. The maximum atomic E-state index is 11.2. The minimum Gasteiger partial charge on any atom is -0.372 e. The molecule has 5 nitrogen and oxygen atoms in total. The Labute approximate surface area is 108 Å². The van der Waals surface area contributed by atoms with Gasteiger partial charge in [-0.1, -0.05) is 6.07 Å². The number of ether oxygens (including phenoxy) is 1. The lowest BCUT2D eigenvalue weighted by Gasteiger charge is -2.06. The van der Waals surface area contributed by atoms with E-state index in [1.165, 1.54) is 0 Å². The number of nitrogens with zero attached hydrogens (tertiary/aromatic N) is 1. The van der Waals surface area contributed by atoms with E-state index in [-0.39, 0.29) is 12.5 Å². The van der Waals surface area contributed by atoms with E-state index in [9.17, 15) is 4.79 Å². The van der Waals surface area contributed by atoms with Crippen LogP contribution in [0, 0.1) is 0 Å². The molecule has 1 aromatic rings. The van der Waals surface area contributed by atoms with E-state index in [4.69, 9.17) is 4.74 Å². The van der Waals surface area contributed by atoms with Gasteiger partial charge in [-0.25, -0.2) is 0 Å². The van der Waals surface area contributed by atoms with Gasteiger partial charge in [-0.2, -0.15) is 0 Å². The highest BCUT2D eigenvalue weighted by molar-refractivity contribution is 5.77. The van der Waals surface area contributed by atoms with E-state index in [1.54, 1.807) is 6.20 Å². The molecule has 0 unspecified atom stereocenters.